The largest absolute Gasteiger partial charge is 0.303 e. The molecule has 0 bridgehead atoms. The van der Waals surface area contributed by atoms with Crippen LogP contribution in [0.4, 0.5) is 0 Å². The van der Waals surface area contributed by atoms with Crippen molar-refractivity contribution < 1.29 is 13.2 Å². The maximum absolute atomic E-state index is 12.6. The Balaban J connectivity index is 2.28. The minimum atomic E-state index is -3.48. The predicted octanol–water partition coefficient (Wildman–Crippen LogP) is 1.21. The van der Waals surface area contributed by atoms with Crippen molar-refractivity contribution >= 4 is 15.8 Å². The van der Waals surface area contributed by atoms with E-state index in [9.17, 15) is 13.2 Å². The first-order valence-electron chi connectivity index (χ1n) is 6.64. The van der Waals surface area contributed by atoms with E-state index in [0.717, 1.165) is 13.1 Å². The maximum Gasteiger partial charge on any atom is 0.243 e. The van der Waals surface area contributed by atoms with Crippen molar-refractivity contribution in [3.8, 4) is 0 Å². The van der Waals surface area contributed by atoms with Gasteiger partial charge in [0.1, 0.15) is 0 Å². The van der Waals surface area contributed by atoms with Gasteiger partial charge in [0.2, 0.25) is 10.0 Å². The summed E-state index contributed by atoms with van der Waals surface area (Å²) in [6, 6.07) is 6.10. The zero-order valence-corrected chi connectivity index (χ0v) is 12.9. The third-order valence-electron chi connectivity index (χ3n) is 3.64. The molecule has 0 saturated carbocycles. The molecule has 0 aliphatic carbocycles. The van der Waals surface area contributed by atoms with Gasteiger partial charge >= 0.3 is 0 Å². The highest BCUT2D eigenvalue weighted by Gasteiger charge is 2.32. The van der Waals surface area contributed by atoms with Crippen LogP contribution in [-0.2, 0) is 10.0 Å². The molecule has 0 aromatic heterocycles. The zero-order valence-electron chi connectivity index (χ0n) is 12.0. The zero-order chi connectivity index (χ0) is 14.9. The molecule has 1 unspecified atom stereocenters. The van der Waals surface area contributed by atoms with Gasteiger partial charge in [0.15, 0.2) is 5.78 Å². The Bertz CT molecular complexity index is 595. The Hall–Kier alpha value is -1.24. The Labute approximate surface area is 120 Å². The molecule has 1 aliphatic heterocycles. The molecule has 20 heavy (non-hydrogen) atoms. The lowest BCUT2D eigenvalue weighted by Gasteiger charge is -2.37. The van der Waals surface area contributed by atoms with Crippen LogP contribution in [0.2, 0.25) is 0 Å². The molecular weight excluding hydrogens is 276 g/mol. The molecule has 1 heterocycles. The summed E-state index contributed by atoms with van der Waals surface area (Å²) in [5.41, 5.74) is 0.523. The third-order valence-corrected chi connectivity index (χ3v) is 5.66. The van der Waals surface area contributed by atoms with Crippen LogP contribution < -0.4 is 0 Å². The molecule has 0 amide bonds. The van der Waals surface area contributed by atoms with Crippen LogP contribution in [0.1, 0.15) is 24.2 Å². The van der Waals surface area contributed by atoms with Crippen LogP contribution >= 0.6 is 0 Å². The summed E-state index contributed by atoms with van der Waals surface area (Å²) >= 11 is 0. The molecule has 0 spiro atoms. The Morgan fingerprint density at radius 2 is 1.80 bits per heavy atom. The van der Waals surface area contributed by atoms with E-state index < -0.39 is 10.0 Å². The van der Waals surface area contributed by atoms with Gasteiger partial charge in [-0.25, -0.2) is 8.42 Å². The highest BCUT2D eigenvalue weighted by molar-refractivity contribution is 7.89. The number of nitrogens with zero attached hydrogens (tertiary/aromatic N) is 2. The van der Waals surface area contributed by atoms with Crippen molar-refractivity contribution in [3.05, 3.63) is 29.8 Å². The maximum atomic E-state index is 12.6. The van der Waals surface area contributed by atoms with Crippen LogP contribution in [0, 0.1) is 0 Å². The fraction of sp³-hybridized carbons (Fsp3) is 0.500. The number of benzene rings is 1. The number of sulfonamides is 1. The van der Waals surface area contributed by atoms with E-state index in [2.05, 4.69) is 4.90 Å². The summed E-state index contributed by atoms with van der Waals surface area (Å²) < 4.78 is 26.8. The second-order valence-corrected chi connectivity index (χ2v) is 7.20. The molecule has 110 valence electrons. The number of Topliss-reactive ketones (excluding diaryl/α,β-unsaturated/α-hetero) is 1. The highest BCUT2D eigenvalue weighted by atomic mass is 32.2. The third kappa shape index (κ3) is 2.92. The first-order chi connectivity index (χ1) is 9.32. The number of carbonyl (C=O) groups excluding carboxylic acids is 1. The summed E-state index contributed by atoms with van der Waals surface area (Å²) in [5, 5.41) is 0. The van der Waals surface area contributed by atoms with Gasteiger partial charge in [0, 0.05) is 31.2 Å². The van der Waals surface area contributed by atoms with Crippen LogP contribution in [0.3, 0.4) is 0 Å². The lowest BCUT2D eigenvalue weighted by Crippen LogP contribution is -2.52. The van der Waals surface area contributed by atoms with Crippen LogP contribution in [-0.4, -0.2) is 56.1 Å². The molecule has 1 aromatic rings. The normalized spacial score (nSPS) is 21.9. The standard InChI is InChI=1S/C14H20N2O3S/c1-11-10-15(3)8-9-16(11)20(18,19)14-6-4-13(5-7-14)12(2)17/h4-7,11H,8-10H2,1-3H3. The van der Waals surface area contributed by atoms with E-state index in [1.807, 2.05) is 14.0 Å². The molecule has 1 aromatic carbocycles. The lowest BCUT2D eigenvalue weighted by atomic mass is 10.2. The molecule has 0 N–H and O–H groups in total. The second-order valence-electron chi connectivity index (χ2n) is 5.31. The topological polar surface area (TPSA) is 57.7 Å². The molecule has 6 heteroatoms. The van der Waals surface area contributed by atoms with Crippen molar-refractivity contribution in [2.24, 2.45) is 0 Å². The van der Waals surface area contributed by atoms with Crippen molar-refractivity contribution in [2.45, 2.75) is 24.8 Å². The molecule has 2 rings (SSSR count). The van der Waals surface area contributed by atoms with Gasteiger partial charge in [-0.3, -0.25) is 4.79 Å². The minimum absolute atomic E-state index is 0.0498. The van der Waals surface area contributed by atoms with Gasteiger partial charge in [-0.15, -0.1) is 0 Å². The fourth-order valence-electron chi connectivity index (χ4n) is 2.48. The smallest absolute Gasteiger partial charge is 0.243 e. The summed E-state index contributed by atoms with van der Waals surface area (Å²) in [6.45, 7) is 5.33. The van der Waals surface area contributed by atoms with Crippen molar-refractivity contribution in [3.63, 3.8) is 0 Å². The molecular formula is C14H20N2O3S. The van der Waals surface area contributed by atoms with Gasteiger partial charge in [0.05, 0.1) is 4.90 Å². The number of hydrogen-bond acceptors (Lipinski definition) is 4. The number of piperazine rings is 1. The monoisotopic (exact) mass is 296 g/mol. The quantitative estimate of drug-likeness (QED) is 0.787. The first kappa shape index (κ1) is 15.2. The highest BCUT2D eigenvalue weighted by Crippen LogP contribution is 2.21. The van der Waals surface area contributed by atoms with Gasteiger partial charge in [0.25, 0.3) is 0 Å². The second kappa shape index (κ2) is 5.63. The number of rotatable bonds is 3. The van der Waals surface area contributed by atoms with E-state index in [1.165, 1.54) is 23.4 Å². The number of ketones is 1. The lowest BCUT2D eigenvalue weighted by molar-refractivity contribution is 0.101. The van der Waals surface area contributed by atoms with Crippen LogP contribution in [0.5, 0.6) is 0 Å². The van der Waals surface area contributed by atoms with Gasteiger partial charge in [-0.2, -0.15) is 4.31 Å². The number of hydrogen-bond donors (Lipinski definition) is 0. The molecule has 0 radical (unpaired) electrons. The number of carbonyl (C=O) groups is 1. The SMILES string of the molecule is CC(=O)c1ccc(S(=O)(=O)N2CCN(C)CC2C)cc1. The van der Waals surface area contributed by atoms with E-state index in [0.29, 0.717) is 12.1 Å². The Kier molecular flexibility index (Phi) is 4.27. The van der Waals surface area contributed by atoms with E-state index >= 15 is 0 Å². The van der Waals surface area contributed by atoms with Crippen LogP contribution in [0.15, 0.2) is 29.2 Å². The van der Waals surface area contributed by atoms with Gasteiger partial charge < -0.3 is 4.90 Å². The molecule has 1 aliphatic rings. The average molecular weight is 296 g/mol. The first-order valence-corrected chi connectivity index (χ1v) is 8.08. The molecule has 1 atom stereocenters. The molecule has 1 fully saturated rings. The van der Waals surface area contributed by atoms with E-state index in [-0.39, 0.29) is 16.7 Å². The molecule has 1 saturated heterocycles. The molecule has 5 nitrogen and oxygen atoms in total. The van der Waals surface area contributed by atoms with Gasteiger partial charge in [-0.05, 0) is 33.0 Å². The van der Waals surface area contributed by atoms with E-state index in [4.69, 9.17) is 0 Å². The summed E-state index contributed by atoms with van der Waals surface area (Å²) in [4.78, 5) is 13.6. The summed E-state index contributed by atoms with van der Waals surface area (Å²) in [5.74, 6) is -0.0677. The summed E-state index contributed by atoms with van der Waals surface area (Å²) in [6.07, 6.45) is 0. The predicted molar refractivity (Wildman–Crippen MR) is 77.3 cm³/mol. The fourth-order valence-corrected chi connectivity index (χ4v) is 4.09. The van der Waals surface area contributed by atoms with Crippen molar-refractivity contribution in [2.75, 3.05) is 26.7 Å². The average Bonchev–Trinajstić information content (AvgIpc) is 2.38. The summed E-state index contributed by atoms with van der Waals surface area (Å²) in [7, 11) is -1.49. The van der Waals surface area contributed by atoms with Gasteiger partial charge in [-0.1, -0.05) is 12.1 Å². The minimum Gasteiger partial charge on any atom is -0.303 e. The van der Waals surface area contributed by atoms with Crippen molar-refractivity contribution in [1.82, 2.24) is 9.21 Å². The Morgan fingerprint density at radius 1 is 1.20 bits per heavy atom. The number of likely N-dealkylation sites (N-methyl/N-ethyl adjacent to an activating group) is 1. The van der Waals surface area contributed by atoms with E-state index in [1.54, 1.807) is 12.1 Å². The van der Waals surface area contributed by atoms with Crippen molar-refractivity contribution in [1.29, 1.82) is 0 Å². The van der Waals surface area contributed by atoms with Crippen LogP contribution in [0.25, 0.3) is 0 Å². The Morgan fingerprint density at radius 3 is 2.30 bits per heavy atom.